The molecule has 6 heteroatoms. The number of benzene rings is 3. The normalized spacial score (nSPS) is 12.2. The van der Waals surface area contributed by atoms with E-state index >= 15 is 0 Å². The van der Waals surface area contributed by atoms with Gasteiger partial charge < -0.3 is 10.6 Å². The molecule has 1 atom stereocenters. The topological polar surface area (TPSA) is 58.2 Å². The quantitative estimate of drug-likeness (QED) is 0.570. The third kappa shape index (κ3) is 5.55. The van der Waals surface area contributed by atoms with E-state index in [9.17, 15) is 9.00 Å². The number of urea groups is 1. The number of para-hydroxylation sites is 1. The summed E-state index contributed by atoms with van der Waals surface area (Å²) in [6.45, 7) is 0. The van der Waals surface area contributed by atoms with Gasteiger partial charge in [0.15, 0.2) is 0 Å². The SMILES string of the molecule is O=C(N/C=C(\c1ccccc1)[S@@](=O)Cc1ccccc1)Nc1ccccc1Cl. The van der Waals surface area contributed by atoms with Crippen LogP contribution in [0.25, 0.3) is 4.91 Å². The summed E-state index contributed by atoms with van der Waals surface area (Å²) in [5, 5.41) is 5.78. The van der Waals surface area contributed by atoms with Crippen molar-refractivity contribution >= 4 is 39.0 Å². The molecule has 0 spiro atoms. The second kappa shape index (κ2) is 9.88. The Morgan fingerprint density at radius 2 is 1.50 bits per heavy atom. The number of amides is 2. The molecular weight excluding hydrogens is 392 g/mol. The maximum absolute atomic E-state index is 13.0. The van der Waals surface area contributed by atoms with Gasteiger partial charge in [0.2, 0.25) is 0 Å². The van der Waals surface area contributed by atoms with Crippen molar-refractivity contribution in [2.24, 2.45) is 0 Å². The monoisotopic (exact) mass is 410 g/mol. The number of hydrogen-bond acceptors (Lipinski definition) is 2. The zero-order valence-corrected chi connectivity index (χ0v) is 16.5. The number of anilines is 1. The molecule has 0 saturated heterocycles. The molecule has 0 fully saturated rings. The van der Waals surface area contributed by atoms with Gasteiger partial charge >= 0.3 is 6.03 Å². The molecule has 142 valence electrons. The summed E-state index contributed by atoms with van der Waals surface area (Å²) in [5.41, 5.74) is 2.25. The summed E-state index contributed by atoms with van der Waals surface area (Å²) in [7, 11) is -1.33. The van der Waals surface area contributed by atoms with Crippen molar-refractivity contribution in [3.8, 4) is 0 Å². The van der Waals surface area contributed by atoms with Gasteiger partial charge in [-0.2, -0.15) is 0 Å². The van der Waals surface area contributed by atoms with Gasteiger partial charge in [-0.25, -0.2) is 4.79 Å². The minimum Gasteiger partial charge on any atom is -0.313 e. The molecule has 0 radical (unpaired) electrons. The lowest BCUT2D eigenvalue weighted by molar-refractivity contribution is 0.255. The maximum atomic E-state index is 13.0. The molecule has 28 heavy (non-hydrogen) atoms. The lowest BCUT2D eigenvalue weighted by atomic mass is 10.2. The van der Waals surface area contributed by atoms with Crippen molar-refractivity contribution in [1.82, 2.24) is 5.32 Å². The van der Waals surface area contributed by atoms with Crippen LogP contribution < -0.4 is 10.6 Å². The molecule has 4 nitrogen and oxygen atoms in total. The van der Waals surface area contributed by atoms with Crippen LogP contribution in [-0.4, -0.2) is 10.2 Å². The molecule has 0 heterocycles. The Morgan fingerprint density at radius 1 is 0.893 bits per heavy atom. The van der Waals surface area contributed by atoms with Gasteiger partial charge in [0.1, 0.15) is 0 Å². The average Bonchev–Trinajstić information content (AvgIpc) is 2.71. The van der Waals surface area contributed by atoms with Gasteiger partial charge in [0.25, 0.3) is 0 Å². The number of halogens is 1. The van der Waals surface area contributed by atoms with Gasteiger partial charge in [-0.15, -0.1) is 0 Å². The molecule has 2 N–H and O–H groups in total. The Bertz CT molecular complexity index is 992. The van der Waals surface area contributed by atoms with E-state index in [-0.39, 0.29) is 0 Å². The van der Waals surface area contributed by atoms with Gasteiger partial charge in [0, 0.05) is 6.20 Å². The second-order valence-electron chi connectivity index (χ2n) is 5.93. The molecule has 3 rings (SSSR count). The molecule has 0 bridgehead atoms. The number of carbonyl (C=O) groups excluding carboxylic acids is 1. The first kappa shape index (κ1) is 19.9. The Balaban J connectivity index is 1.77. The van der Waals surface area contributed by atoms with Crippen molar-refractivity contribution in [2.45, 2.75) is 5.75 Å². The lowest BCUT2D eigenvalue weighted by Crippen LogP contribution is -2.24. The predicted octanol–water partition coefficient (Wildman–Crippen LogP) is 5.41. The number of hydrogen-bond donors (Lipinski definition) is 2. The van der Waals surface area contributed by atoms with E-state index in [0.717, 1.165) is 11.1 Å². The molecule has 0 aliphatic heterocycles. The molecule has 0 aliphatic carbocycles. The van der Waals surface area contributed by atoms with E-state index in [0.29, 0.717) is 21.4 Å². The average molecular weight is 411 g/mol. The summed E-state index contributed by atoms with van der Waals surface area (Å²) >= 11 is 6.06. The highest BCUT2D eigenvalue weighted by Crippen LogP contribution is 2.22. The molecule has 2 amide bonds. The van der Waals surface area contributed by atoms with E-state index in [1.807, 2.05) is 60.7 Å². The highest BCUT2D eigenvalue weighted by atomic mass is 35.5. The van der Waals surface area contributed by atoms with Crippen molar-refractivity contribution in [3.05, 3.63) is 107 Å². The van der Waals surface area contributed by atoms with E-state index in [1.54, 1.807) is 24.3 Å². The van der Waals surface area contributed by atoms with Crippen LogP contribution in [0.3, 0.4) is 0 Å². The highest BCUT2D eigenvalue weighted by Gasteiger charge is 2.12. The largest absolute Gasteiger partial charge is 0.323 e. The van der Waals surface area contributed by atoms with Crippen LogP contribution in [0.4, 0.5) is 10.5 Å². The van der Waals surface area contributed by atoms with Crippen LogP contribution >= 0.6 is 11.6 Å². The van der Waals surface area contributed by atoms with E-state index < -0.39 is 16.8 Å². The zero-order valence-electron chi connectivity index (χ0n) is 15.0. The van der Waals surface area contributed by atoms with Crippen molar-refractivity contribution < 1.29 is 9.00 Å². The lowest BCUT2D eigenvalue weighted by Gasteiger charge is -2.10. The summed E-state index contributed by atoms with van der Waals surface area (Å²) in [4.78, 5) is 12.8. The third-order valence-corrected chi connectivity index (χ3v) is 5.67. The molecule has 0 aromatic heterocycles. The van der Waals surface area contributed by atoms with Crippen molar-refractivity contribution in [2.75, 3.05) is 5.32 Å². The number of nitrogens with one attached hydrogen (secondary N) is 2. The van der Waals surface area contributed by atoms with Crippen LogP contribution in [0.1, 0.15) is 11.1 Å². The van der Waals surface area contributed by atoms with Gasteiger partial charge in [-0.05, 0) is 23.3 Å². The van der Waals surface area contributed by atoms with Gasteiger partial charge in [0.05, 0.1) is 32.2 Å². The summed E-state index contributed by atoms with van der Waals surface area (Å²) in [5.74, 6) is 0.357. The zero-order chi connectivity index (χ0) is 19.8. The Kier molecular flexibility index (Phi) is 7.00. The number of carbonyl (C=O) groups is 1. The van der Waals surface area contributed by atoms with Crippen LogP contribution in [0.15, 0.2) is 91.1 Å². The fourth-order valence-corrected chi connectivity index (χ4v) is 3.96. The maximum Gasteiger partial charge on any atom is 0.323 e. The number of rotatable bonds is 6. The fraction of sp³-hybridized carbons (Fsp3) is 0.0455. The molecular formula is C22H19ClN2O2S. The van der Waals surface area contributed by atoms with Crippen LogP contribution in [0, 0.1) is 0 Å². The van der Waals surface area contributed by atoms with Crippen LogP contribution in [-0.2, 0) is 16.6 Å². The molecule has 3 aromatic rings. The molecule has 0 aliphatic rings. The van der Waals surface area contributed by atoms with Crippen LogP contribution in [0.2, 0.25) is 5.02 Å². The first-order valence-corrected chi connectivity index (χ1v) is 10.3. The Labute approximate surface area is 171 Å². The molecule has 0 saturated carbocycles. The van der Waals surface area contributed by atoms with Crippen molar-refractivity contribution in [3.63, 3.8) is 0 Å². The molecule has 3 aromatic carbocycles. The Morgan fingerprint density at radius 3 is 2.18 bits per heavy atom. The predicted molar refractivity (Wildman–Crippen MR) is 116 cm³/mol. The van der Waals surface area contributed by atoms with Gasteiger partial charge in [-0.3, -0.25) is 4.21 Å². The minimum absolute atomic E-state index is 0.357. The standard InChI is InChI=1S/C22H19ClN2O2S/c23-19-13-7-8-14-20(19)25-22(26)24-15-21(18-11-5-2-6-12-18)28(27)16-17-9-3-1-4-10-17/h1-15H,16H2,(H2,24,25,26)/b21-15+/t28-/m0/s1. The van der Waals surface area contributed by atoms with E-state index in [4.69, 9.17) is 11.6 Å². The fourth-order valence-electron chi connectivity index (χ4n) is 2.54. The van der Waals surface area contributed by atoms with Crippen molar-refractivity contribution in [1.29, 1.82) is 0 Å². The summed E-state index contributed by atoms with van der Waals surface area (Å²) in [6, 6.07) is 25.4. The van der Waals surface area contributed by atoms with E-state index in [1.165, 1.54) is 6.20 Å². The highest BCUT2D eigenvalue weighted by molar-refractivity contribution is 7.93. The first-order chi connectivity index (χ1) is 13.6. The van der Waals surface area contributed by atoms with E-state index in [2.05, 4.69) is 10.6 Å². The van der Waals surface area contributed by atoms with Crippen LogP contribution in [0.5, 0.6) is 0 Å². The first-order valence-electron chi connectivity index (χ1n) is 8.63. The minimum atomic E-state index is -1.33. The Hall–Kier alpha value is -2.89. The second-order valence-corrected chi connectivity index (χ2v) is 7.76. The molecule has 0 unspecified atom stereocenters. The summed E-state index contributed by atoms with van der Waals surface area (Å²) < 4.78 is 13.0. The summed E-state index contributed by atoms with van der Waals surface area (Å²) in [6.07, 6.45) is 1.49. The smallest absolute Gasteiger partial charge is 0.313 e. The van der Waals surface area contributed by atoms with Gasteiger partial charge in [-0.1, -0.05) is 84.4 Å². The third-order valence-electron chi connectivity index (χ3n) is 3.90.